The first kappa shape index (κ1) is 12.9. The number of pyridine rings is 1. The molecular formula is C16H18N2O2. The third kappa shape index (κ3) is 2.91. The summed E-state index contributed by atoms with van der Waals surface area (Å²) in [5.41, 5.74) is 2.22. The van der Waals surface area contributed by atoms with Gasteiger partial charge in [0.1, 0.15) is 13.2 Å². The van der Waals surface area contributed by atoms with Crippen molar-refractivity contribution in [2.45, 2.75) is 19.5 Å². The van der Waals surface area contributed by atoms with E-state index in [0.29, 0.717) is 13.2 Å². The molecule has 0 unspecified atom stereocenters. The van der Waals surface area contributed by atoms with Crippen LogP contribution in [0.2, 0.25) is 0 Å². The summed E-state index contributed by atoms with van der Waals surface area (Å²) in [5, 5.41) is 3.46. The first-order chi connectivity index (χ1) is 9.83. The summed E-state index contributed by atoms with van der Waals surface area (Å²) < 4.78 is 11.1. The fraction of sp³-hybridized carbons (Fsp3) is 0.312. The molecule has 0 spiro atoms. The SMILES string of the molecule is C[C@@H](NCc1ccc2c(c1)OCCO2)c1ccccn1. The van der Waals surface area contributed by atoms with Crippen LogP contribution in [0.15, 0.2) is 42.6 Å². The van der Waals surface area contributed by atoms with Crippen molar-refractivity contribution in [3.05, 3.63) is 53.9 Å². The zero-order valence-corrected chi connectivity index (χ0v) is 11.5. The Kier molecular flexibility index (Phi) is 3.83. The van der Waals surface area contributed by atoms with Crippen molar-refractivity contribution in [1.82, 2.24) is 10.3 Å². The van der Waals surface area contributed by atoms with Crippen LogP contribution in [0.1, 0.15) is 24.2 Å². The highest BCUT2D eigenvalue weighted by Crippen LogP contribution is 2.30. The molecule has 0 bridgehead atoms. The van der Waals surface area contributed by atoms with Crippen LogP contribution >= 0.6 is 0 Å². The van der Waals surface area contributed by atoms with Gasteiger partial charge >= 0.3 is 0 Å². The predicted molar refractivity (Wildman–Crippen MR) is 76.9 cm³/mol. The fourth-order valence-corrected chi connectivity index (χ4v) is 2.21. The van der Waals surface area contributed by atoms with Gasteiger partial charge in [-0.05, 0) is 36.8 Å². The number of benzene rings is 1. The number of ether oxygens (including phenoxy) is 2. The van der Waals surface area contributed by atoms with Crippen molar-refractivity contribution in [2.75, 3.05) is 13.2 Å². The minimum Gasteiger partial charge on any atom is -0.486 e. The molecule has 0 radical (unpaired) electrons. The molecule has 104 valence electrons. The number of fused-ring (bicyclic) bond motifs is 1. The van der Waals surface area contributed by atoms with E-state index in [1.54, 1.807) is 0 Å². The van der Waals surface area contributed by atoms with Gasteiger partial charge in [0.2, 0.25) is 0 Å². The first-order valence-corrected chi connectivity index (χ1v) is 6.86. The quantitative estimate of drug-likeness (QED) is 0.927. The Morgan fingerprint density at radius 2 is 2.00 bits per heavy atom. The van der Waals surface area contributed by atoms with Crippen molar-refractivity contribution in [3.63, 3.8) is 0 Å². The standard InChI is InChI=1S/C16H18N2O2/c1-12(14-4-2-3-7-17-14)18-11-13-5-6-15-16(10-13)20-9-8-19-15/h2-7,10,12,18H,8-9,11H2,1H3/t12-/m1/s1. The van der Waals surface area contributed by atoms with Crippen LogP contribution in [0, 0.1) is 0 Å². The molecule has 20 heavy (non-hydrogen) atoms. The van der Waals surface area contributed by atoms with Gasteiger partial charge in [0, 0.05) is 18.8 Å². The molecule has 2 aromatic rings. The maximum Gasteiger partial charge on any atom is 0.161 e. The molecule has 1 aliphatic heterocycles. The highest BCUT2D eigenvalue weighted by molar-refractivity contribution is 5.43. The molecule has 0 fully saturated rings. The van der Waals surface area contributed by atoms with Gasteiger partial charge in [-0.25, -0.2) is 0 Å². The molecule has 0 saturated heterocycles. The largest absolute Gasteiger partial charge is 0.486 e. The third-order valence-corrected chi connectivity index (χ3v) is 3.35. The van der Waals surface area contributed by atoms with E-state index in [9.17, 15) is 0 Å². The van der Waals surface area contributed by atoms with E-state index in [-0.39, 0.29) is 6.04 Å². The van der Waals surface area contributed by atoms with Crippen molar-refractivity contribution < 1.29 is 9.47 Å². The number of nitrogens with zero attached hydrogens (tertiary/aromatic N) is 1. The smallest absolute Gasteiger partial charge is 0.161 e. The number of rotatable bonds is 4. The number of aromatic nitrogens is 1. The summed E-state index contributed by atoms with van der Waals surface area (Å²) in [6, 6.07) is 12.2. The van der Waals surface area contributed by atoms with Crippen LogP contribution < -0.4 is 14.8 Å². The van der Waals surface area contributed by atoms with E-state index in [2.05, 4.69) is 23.3 Å². The van der Waals surface area contributed by atoms with Crippen molar-refractivity contribution in [2.24, 2.45) is 0 Å². The average molecular weight is 270 g/mol. The second kappa shape index (κ2) is 5.92. The van der Waals surface area contributed by atoms with E-state index < -0.39 is 0 Å². The Morgan fingerprint density at radius 3 is 2.80 bits per heavy atom. The van der Waals surface area contributed by atoms with E-state index in [0.717, 1.165) is 23.7 Å². The lowest BCUT2D eigenvalue weighted by molar-refractivity contribution is 0.171. The highest BCUT2D eigenvalue weighted by atomic mass is 16.6. The summed E-state index contributed by atoms with van der Waals surface area (Å²) in [4.78, 5) is 4.35. The van der Waals surface area contributed by atoms with E-state index in [1.807, 2.05) is 36.5 Å². The molecule has 4 heteroatoms. The van der Waals surface area contributed by atoms with E-state index >= 15 is 0 Å². The normalized spacial score (nSPS) is 14.8. The van der Waals surface area contributed by atoms with E-state index in [4.69, 9.17) is 9.47 Å². The minimum absolute atomic E-state index is 0.212. The van der Waals surface area contributed by atoms with Gasteiger partial charge < -0.3 is 14.8 Å². The zero-order chi connectivity index (χ0) is 13.8. The molecule has 0 saturated carbocycles. The molecule has 2 heterocycles. The van der Waals surface area contributed by atoms with Crippen molar-refractivity contribution >= 4 is 0 Å². The molecule has 1 atom stereocenters. The Labute approximate surface area is 118 Å². The molecule has 1 aromatic carbocycles. The number of nitrogens with one attached hydrogen (secondary N) is 1. The van der Waals surface area contributed by atoms with E-state index in [1.165, 1.54) is 5.56 Å². The summed E-state index contributed by atoms with van der Waals surface area (Å²) in [6.07, 6.45) is 1.82. The van der Waals surface area contributed by atoms with Gasteiger partial charge in [-0.15, -0.1) is 0 Å². The Bertz CT molecular complexity index is 572. The van der Waals surface area contributed by atoms with Crippen molar-refractivity contribution in [3.8, 4) is 11.5 Å². The lowest BCUT2D eigenvalue weighted by Gasteiger charge is -2.19. The van der Waals surface area contributed by atoms with Crippen LogP contribution in [0.25, 0.3) is 0 Å². The molecular weight excluding hydrogens is 252 g/mol. The second-order valence-electron chi connectivity index (χ2n) is 4.84. The maximum atomic E-state index is 5.59. The van der Waals surface area contributed by atoms with Gasteiger partial charge in [0.15, 0.2) is 11.5 Å². The monoisotopic (exact) mass is 270 g/mol. The molecule has 3 rings (SSSR count). The van der Waals surface area contributed by atoms with Gasteiger partial charge in [0.25, 0.3) is 0 Å². The van der Waals surface area contributed by atoms with Gasteiger partial charge in [0.05, 0.1) is 5.69 Å². The summed E-state index contributed by atoms with van der Waals surface area (Å²) in [6.45, 7) is 4.13. The summed E-state index contributed by atoms with van der Waals surface area (Å²) >= 11 is 0. The molecule has 0 amide bonds. The second-order valence-corrected chi connectivity index (χ2v) is 4.84. The predicted octanol–water partition coefficient (Wildman–Crippen LogP) is 2.70. The molecule has 1 aromatic heterocycles. The van der Waals surface area contributed by atoms with Crippen LogP contribution in [-0.2, 0) is 6.54 Å². The maximum absolute atomic E-state index is 5.59. The van der Waals surface area contributed by atoms with Gasteiger partial charge in [-0.1, -0.05) is 12.1 Å². The molecule has 1 N–H and O–H groups in total. The van der Waals surface area contributed by atoms with Crippen LogP contribution in [0.3, 0.4) is 0 Å². The van der Waals surface area contributed by atoms with Crippen LogP contribution in [0.5, 0.6) is 11.5 Å². The van der Waals surface area contributed by atoms with Crippen LogP contribution in [0.4, 0.5) is 0 Å². The van der Waals surface area contributed by atoms with Crippen molar-refractivity contribution in [1.29, 1.82) is 0 Å². The van der Waals surface area contributed by atoms with Gasteiger partial charge in [-0.2, -0.15) is 0 Å². The highest BCUT2D eigenvalue weighted by Gasteiger charge is 2.12. The third-order valence-electron chi connectivity index (χ3n) is 3.35. The fourth-order valence-electron chi connectivity index (χ4n) is 2.21. The number of hydrogen-bond donors (Lipinski definition) is 1. The summed E-state index contributed by atoms with van der Waals surface area (Å²) in [7, 11) is 0. The average Bonchev–Trinajstić information content (AvgIpc) is 2.53. The van der Waals surface area contributed by atoms with Gasteiger partial charge in [-0.3, -0.25) is 4.98 Å². The zero-order valence-electron chi connectivity index (χ0n) is 11.5. The number of hydrogen-bond acceptors (Lipinski definition) is 4. The van der Waals surface area contributed by atoms with Crippen LogP contribution in [-0.4, -0.2) is 18.2 Å². The molecule has 4 nitrogen and oxygen atoms in total. The first-order valence-electron chi connectivity index (χ1n) is 6.86. The lowest BCUT2D eigenvalue weighted by atomic mass is 10.1. The Balaban J connectivity index is 1.64. The topological polar surface area (TPSA) is 43.4 Å². The Morgan fingerprint density at radius 1 is 1.15 bits per heavy atom. The Hall–Kier alpha value is -2.07. The summed E-state index contributed by atoms with van der Waals surface area (Å²) in [5.74, 6) is 1.67. The molecule has 1 aliphatic rings. The lowest BCUT2D eigenvalue weighted by Crippen LogP contribution is -2.19. The molecule has 0 aliphatic carbocycles. The minimum atomic E-state index is 0.212.